The Morgan fingerprint density at radius 1 is 0.833 bits per heavy atom. The first-order chi connectivity index (χ1) is 14.6. The average molecular weight is 419 g/mol. The van der Waals surface area contributed by atoms with Crippen LogP contribution in [0.15, 0.2) is 72.8 Å². The van der Waals surface area contributed by atoms with Crippen LogP contribution >= 0.6 is 11.6 Å². The number of aryl methyl sites for hydroxylation is 1. The average Bonchev–Trinajstić information content (AvgIpc) is 3.11. The minimum atomic E-state index is 0.601. The van der Waals surface area contributed by atoms with E-state index >= 15 is 0 Å². The number of methoxy groups -OCH3 is 2. The molecule has 1 heterocycles. The minimum absolute atomic E-state index is 0.601. The molecule has 0 aliphatic heterocycles. The van der Waals surface area contributed by atoms with E-state index in [9.17, 15) is 0 Å². The fourth-order valence-electron chi connectivity index (χ4n) is 3.42. The summed E-state index contributed by atoms with van der Waals surface area (Å²) in [5.74, 6) is 1.54. The first kappa shape index (κ1) is 20.0. The maximum atomic E-state index is 6.92. The molecule has 0 atom stereocenters. The molecule has 0 unspecified atom stereocenters. The summed E-state index contributed by atoms with van der Waals surface area (Å²) < 4.78 is 12.8. The molecular weight excluding hydrogens is 396 g/mol. The Morgan fingerprint density at radius 2 is 1.43 bits per heavy atom. The molecule has 1 aromatic heterocycles. The number of ether oxygens (including phenoxy) is 2. The standard InChI is InChI=1S/C25H23ClN2O2/c1-17-10-12-18(13-11-17)16-28-25(20-7-5-9-22(15-20)30-3)23(26)24(27-28)19-6-4-8-21(14-19)29-2/h4-15H,16H2,1-3H3. The molecule has 0 N–H and O–H groups in total. The molecule has 4 aromatic rings. The maximum Gasteiger partial charge on any atom is 0.119 e. The van der Waals surface area contributed by atoms with Gasteiger partial charge in [-0.05, 0) is 36.8 Å². The van der Waals surface area contributed by atoms with Crippen LogP contribution in [-0.4, -0.2) is 24.0 Å². The van der Waals surface area contributed by atoms with E-state index in [2.05, 4.69) is 31.2 Å². The third-order valence-electron chi connectivity index (χ3n) is 5.03. The number of hydrogen-bond donors (Lipinski definition) is 0. The molecule has 5 heteroatoms. The van der Waals surface area contributed by atoms with Crippen molar-refractivity contribution in [2.24, 2.45) is 0 Å². The molecule has 4 nitrogen and oxygen atoms in total. The Labute approximate surface area is 181 Å². The van der Waals surface area contributed by atoms with E-state index in [1.807, 2.05) is 53.2 Å². The second kappa shape index (κ2) is 8.64. The summed E-state index contributed by atoms with van der Waals surface area (Å²) in [5.41, 5.74) is 5.82. The third-order valence-corrected chi connectivity index (χ3v) is 5.39. The van der Waals surface area contributed by atoms with Gasteiger partial charge in [0.25, 0.3) is 0 Å². The normalized spacial score (nSPS) is 10.8. The fraction of sp³-hybridized carbons (Fsp3) is 0.160. The lowest BCUT2D eigenvalue weighted by molar-refractivity contribution is 0.415. The zero-order chi connectivity index (χ0) is 21.1. The van der Waals surface area contributed by atoms with Gasteiger partial charge >= 0.3 is 0 Å². The van der Waals surface area contributed by atoms with E-state index in [1.54, 1.807) is 14.2 Å². The number of nitrogens with zero attached hydrogens (tertiary/aromatic N) is 2. The smallest absolute Gasteiger partial charge is 0.119 e. The number of aromatic nitrogens is 2. The number of rotatable bonds is 6. The van der Waals surface area contributed by atoms with Crippen molar-refractivity contribution < 1.29 is 9.47 Å². The Bertz CT molecular complexity index is 1170. The zero-order valence-corrected chi connectivity index (χ0v) is 18.0. The highest BCUT2D eigenvalue weighted by Crippen LogP contribution is 2.38. The van der Waals surface area contributed by atoms with E-state index in [0.29, 0.717) is 11.6 Å². The molecule has 0 aliphatic rings. The molecule has 0 radical (unpaired) electrons. The molecule has 152 valence electrons. The van der Waals surface area contributed by atoms with E-state index in [-0.39, 0.29) is 0 Å². The van der Waals surface area contributed by atoms with Crippen LogP contribution < -0.4 is 9.47 Å². The summed E-state index contributed by atoms with van der Waals surface area (Å²) in [6.45, 7) is 2.69. The van der Waals surface area contributed by atoms with Crippen molar-refractivity contribution >= 4 is 11.6 Å². The second-order valence-corrected chi connectivity index (χ2v) is 7.50. The molecule has 0 bridgehead atoms. The van der Waals surface area contributed by atoms with Crippen LogP contribution in [0.3, 0.4) is 0 Å². The Kier molecular flexibility index (Phi) is 5.77. The molecule has 0 saturated carbocycles. The quantitative estimate of drug-likeness (QED) is 0.371. The maximum absolute atomic E-state index is 6.92. The van der Waals surface area contributed by atoms with Crippen molar-refractivity contribution in [1.82, 2.24) is 9.78 Å². The van der Waals surface area contributed by atoms with Crippen molar-refractivity contribution in [3.05, 3.63) is 88.9 Å². The van der Waals surface area contributed by atoms with E-state index in [4.69, 9.17) is 26.2 Å². The van der Waals surface area contributed by atoms with Crippen LogP contribution in [-0.2, 0) is 6.54 Å². The Morgan fingerprint density at radius 3 is 2.07 bits per heavy atom. The Hall–Kier alpha value is -3.24. The summed E-state index contributed by atoms with van der Waals surface area (Å²) in [4.78, 5) is 0. The lowest BCUT2D eigenvalue weighted by atomic mass is 10.1. The molecule has 0 saturated heterocycles. The summed E-state index contributed by atoms with van der Waals surface area (Å²) in [7, 11) is 3.31. The van der Waals surface area contributed by atoms with Gasteiger partial charge in [-0.3, -0.25) is 4.68 Å². The fourth-order valence-corrected chi connectivity index (χ4v) is 3.78. The van der Waals surface area contributed by atoms with Crippen molar-refractivity contribution in [1.29, 1.82) is 0 Å². The molecule has 3 aromatic carbocycles. The van der Waals surface area contributed by atoms with Gasteiger partial charge in [0.15, 0.2) is 0 Å². The van der Waals surface area contributed by atoms with Crippen LogP contribution in [0.25, 0.3) is 22.5 Å². The van der Waals surface area contributed by atoms with Crippen molar-refractivity contribution in [2.75, 3.05) is 14.2 Å². The van der Waals surface area contributed by atoms with Crippen LogP contribution in [0.2, 0.25) is 5.02 Å². The highest BCUT2D eigenvalue weighted by atomic mass is 35.5. The highest BCUT2D eigenvalue weighted by Gasteiger charge is 2.20. The van der Waals surface area contributed by atoms with Crippen molar-refractivity contribution in [3.63, 3.8) is 0 Å². The topological polar surface area (TPSA) is 36.3 Å². The molecular formula is C25H23ClN2O2. The summed E-state index contributed by atoms with van der Waals surface area (Å²) in [6.07, 6.45) is 0. The van der Waals surface area contributed by atoms with Gasteiger partial charge in [0.2, 0.25) is 0 Å². The molecule has 0 spiro atoms. The third kappa shape index (κ3) is 4.05. The van der Waals surface area contributed by atoms with Gasteiger partial charge in [-0.15, -0.1) is 0 Å². The zero-order valence-electron chi connectivity index (χ0n) is 17.2. The van der Waals surface area contributed by atoms with E-state index in [1.165, 1.54) is 5.56 Å². The molecule has 30 heavy (non-hydrogen) atoms. The first-order valence-corrected chi connectivity index (χ1v) is 10.1. The molecule has 0 fully saturated rings. The van der Waals surface area contributed by atoms with Gasteiger partial charge in [0, 0.05) is 11.1 Å². The van der Waals surface area contributed by atoms with Crippen molar-refractivity contribution in [3.8, 4) is 34.0 Å². The van der Waals surface area contributed by atoms with Crippen LogP contribution in [0, 0.1) is 6.92 Å². The first-order valence-electron chi connectivity index (χ1n) is 9.69. The lowest BCUT2D eigenvalue weighted by Crippen LogP contribution is -2.04. The van der Waals surface area contributed by atoms with Crippen LogP contribution in [0.5, 0.6) is 11.5 Å². The van der Waals surface area contributed by atoms with Gasteiger partial charge < -0.3 is 9.47 Å². The lowest BCUT2D eigenvalue weighted by Gasteiger charge is -2.10. The van der Waals surface area contributed by atoms with Gasteiger partial charge in [-0.2, -0.15) is 5.10 Å². The summed E-state index contributed by atoms with van der Waals surface area (Å²) in [6, 6.07) is 24.1. The summed E-state index contributed by atoms with van der Waals surface area (Å²) >= 11 is 6.92. The number of benzene rings is 3. The van der Waals surface area contributed by atoms with Gasteiger partial charge in [-0.25, -0.2) is 0 Å². The highest BCUT2D eigenvalue weighted by molar-refractivity contribution is 6.35. The predicted molar refractivity (Wildman–Crippen MR) is 121 cm³/mol. The monoisotopic (exact) mass is 418 g/mol. The van der Waals surface area contributed by atoms with Crippen LogP contribution in [0.4, 0.5) is 0 Å². The van der Waals surface area contributed by atoms with E-state index < -0.39 is 0 Å². The van der Waals surface area contributed by atoms with Gasteiger partial charge in [-0.1, -0.05) is 65.7 Å². The predicted octanol–water partition coefficient (Wildman–Crippen LogP) is 6.24. The number of halogens is 1. The molecule has 0 aliphatic carbocycles. The van der Waals surface area contributed by atoms with Crippen LogP contribution in [0.1, 0.15) is 11.1 Å². The SMILES string of the molecule is COc1cccc(-c2nn(Cc3ccc(C)cc3)c(-c3cccc(OC)c3)c2Cl)c1. The molecule has 0 amide bonds. The second-order valence-electron chi connectivity index (χ2n) is 7.12. The Balaban J connectivity index is 1.86. The molecule has 4 rings (SSSR count). The summed E-state index contributed by atoms with van der Waals surface area (Å²) in [5, 5.41) is 5.49. The van der Waals surface area contributed by atoms with Gasteiger partial charge in [0.05, 0.1) is 31.5 Å². The van der Waals surface area contributed by atoms with Gasteiger partial charge in [0.1, 0.15) is 17.2 Å². The van der Waals surface area contributed by atoms with E-state index in [0.717, 1.165) is 39.6 Å². The number of hydrogen-bond acceptors (Lipinski definition) is 3. The largest absolute Gasteiger partial charge is 0.497 e. The minimum Gasteiger partial charge on any atom is -0.497 e. The van der Waals surface area contributed by atoms with Crippen molar-refractivity contribution in [2.45, 2.75) is 13.5 Å².